The maximum absolute atomic E-state index is 5.11. The van der Waals surface area contributed by atoms with Gasteiger partial charge in [0.05, 0.1) is 0 Å². The summed E-state index contributed by atoms with van der Waals surface area (Å²) in [4.78, 5) is 5.11. The van der Waals surface area contributed by atoms with Crippen LogP contribution >= 0.6 is 0 Å². The van der Waals surface area contributed by atoms with E-state index in [-0.39, 0.29) is 0 Å². The van der Waals surface area contributed by atoms with Crippen LogP contribution in [0.3, 0.4) is 0 Å². The van der Waals surface area contributed by atoms with Gasteiger partial charge < -0.3 is 5.32 Å². The van der Waals surface area contributed by atoms with Gasteiger partial charge in [0.2, 0.25) is 0 Å². The van der Waals surface area contributed by atoms with Crippen molar-refractivity contribution in [1.82, 2.24) is 10.8 Å². The van der Waals surface area contributed by atoms with Crippen molar-refractivity contribution in [1.29, 1.82) is 0 Å². The summed E-state index contributed by atoms with van der Waals surface area (Å²) in [5, 5.41) is 3.11. The van der Waals surface area contributed by atoms with E-state index in [9.17, 15) is 0 Å². The lowest BCUT2D eigenvalue weighted by Crippen LogP contribution is -2.50. The molecular weight excluding hydrogens is 104 g/mol. The molecule has 0 aliphatic carbocycles. The molecule has 0 spiro atoms. The Kier molecular flexibility index (Phi) is 2.27. The molecule has 2 N–H and O–H groups in total. The Labute approximate surface area is 49.4 Å². The minimum atomic E-state index is 0.412. The van der Waals surface area contributed by atoms with Crippen LogP contribution in [0, 0.1) is 0 Å². The molecular formula is C5H12N2O. The highest BCUT2D eigenvalue weighted by Crippen LogP contribution is 1.93. The standard InChI is InChI=1S/C5H12N2O/c1-2-7-8-5-3-6-4-5/h5-7H,2-4H2,1H3. The summed E-state index contributed by atoms with van der Waals surface area (Å²) in [5.74, 6) is 0. The fraction of sp³-hybridized carbons (Fsp3) is 1.00. The quantitative estimate of drug-likeness (QED) is 0.488. The molecule has 0 radical (unpaired) electrons. The van der Waals surface area contributed by atoms with E-state index in [1.165, 1.54) is 0 Å². The summed E-state index contributed by atoms with van der Waals surface area (Å²) < 4.78 is 0. The first-order valence-electron chi connectivity index (χ1n) is 3.02. The van der Waals surface area contributed by atoms with E-state index in [1.807, 2.05) is 6.92 Å². The molecule has 0 atom stereocenters. The molecule has 8 heavy (non-hydrogen) atoms. The van der Waals surface area contributed by atoms with Crippen molar-refractivity contribution in [2.75, 3.05) is 19.6 Å². The smallest absolute Gasteiger partial charge is 0.104 e. The molecule has 1 saturated heterocycles. The molecule has 0 aromatic heterocycles. The third kappa shape index (κ3) is 1.43. The molecule has 0 aromatic rings. The first-order valence-corrected chi connectivity index (χ1v) is 3.02. The second-order valence-corrected chi connectivity index (χ2v) is 1.90. The third-order valence-corrected chi connectivity index (χ3v) is 1.14. The normalized spacial score (nSPS) is 20.6. The zero-order valence-corrected chi connectivity index (χ0v) is 5.11. The van der Waals surface area contributed by atoms with Crippen LogP contribution in [0.5, 0.6) is 0 Å². The van der Waals surface area contributed by atoms with Crippen LogP contribution in [0.4, 0.5) is 0 Å². The zero-order chi connectivity index (χ0) is 5.82. The fourth-order valence-corrected chi connectivity index (χ4v) is 0.547. The SMILES string of the molecule is CCNOC1CNC1. The first-order chi connectivity index (χ1) is 3.93. The van der Waals surface area contributed by atoms with E-state index in [0.29, 0.717) is 6.10 Å². The Balaban J connectivity index is 1.86. The van der Waals surface area contributed by atoms with E-state index in [1.54, 1.807) is 0 Å². The van der Waals surface area contributed by atoms with Crippen molar-refractivity contribution in [2.45, 2.75) is 13.0 Å². The minimum Gasteiger partial charge on any atom is -0.311 e. The Morgan fingerprint density at radius 1 is 1.75 bits per heavy atom. The Morgan fingerprint density at radius 2 is 2.50 bits per heavy atom. The van der Waals surface area contributed by atoms with Gasteiger partial charge in [-0.2, -0.15) is 0 Å². The molecule has 1 aliphatic heterocycles. The second kappa shape index (κ2) is 3.02. The van der Waals surface area contributed by atoms with Gasteiger partial charge in [-0.25, -0.2) is 5.48 Å². The highest BCUT2D eigenvalue weighted by atomic mass is 16.7. The molecule has 1 heterocycles. The van der Waals surface area contributed by atoms with Crippen molar-refractivity contribution in [3.8, 4) is 0 Å². The third-order valence-electron chi connectivity index (χ3n) is 1.14. The predicted molar refractivity (Wildman–Crippen MR) is 31.4 cm³/mol. The summed E-state index contributed by atoms with van der Waals surface area (Å²) in [6.07, 6.45) is 0.412. The minimum absolute atomic E-state index is 0.412. The largest absolute Gasteiger partial charge is 0.311 e. The van der Waals surface area contributed by atoms with Crippen molar-refractivity contribution < 1.29 is 4.84 Å². The summed E-state index contributed by atoms with van der Waals surface area (Å²) in [6.45, 7) is 4.89. The van der Waals surface area contributed by atoms with E-state index < -0.39 is 0 Å². The summed E-state index contributed by atoms with van der Waals surface area (Å²) in [7, 11) is 0. The summed E-state index contributed by atoms with van der Waals surface area (Å²) in [5.41, 5.74) is 2.81. The van der Waals surface area contributed by atoms with Gasteiger partial charge >= 0.3 is 0 Å². The summed E-state index contributed by atoms with van der Waals surface area (Å²) in [6, 6.07) is 0. The average Bonchev–Trinajstić information content (AvgIpc) is 1.63. The number of hydrogen-bond donors (Lipinski definition) is 2. The molecule has 3 heteroatoms. The van der Waals surface area contributed by atoms with Gasteiger partial charge in [0.1, 0.15) is 6.10 Å². The van der Waals surface area contributed by atoms with E-state index in [2.05, 4.69) is 10.8 Å². The number of hydrogen-bond acceptors (Lipinski definition) is 3. The lowest BCUT2D eigenvalue weighted by Gasteiger charge is -2.26. The second-order valence-electron chi connectivity index (χ2n) is 1.90. The van der Waals surface area contributed by atoms with Crippen LogP contribution in [0.15, 0.2) is 0 Å². The number of hydroxylamine groups is 1. The van der Waals surface area contributed by atoms with Crippen LogP contribution in [-0.2, 0) is 4.84 Å². The van der Waals surface area contributed by atoms with Crippen molar-refractivity contribution in [3.63, 3.8) is 0 Å². The monoisotopic (exact) mass is 116 g/mol. The van der Waals surface area contributed by atoms with Gasteiger partial charge in [-0.15, -0.1) is 0 Å². The highest BCUT2D eigenvalue weighted by Gasteiger charge is 2.16. The lowest BCUT2D eigenvalue weighted by molar-refractivity contribution is -0.0471. The molecule has 1 fully saturated rings. The fourth-order valence-electron chi connectivity index (χ4n) is 0.547. The molecule has 0 unspecified atom stereocenters. The van der Waals surface area contributed by atoms with Gasteiger partial charge in [0, 0.05) is 19.6 Å². The van der Waals surface area contributed by atoms with E-state index >= 15 is 0 Å². The molecule has 0 bridgehead atoms. The van der Waals surface area contributed by atoms with Crippen molar-refractivity contribution >= 4 is 0 Å². The Morgan fingerprint density at radius 3 is 2.88 bits per heavy atom. The molecule has 3 nitrogen and oxygen atoms in total. The van der Waals surface area contributed by atoms with Crippen LogP contribution in [0.25, 0.3) is 0 Å². The number of rotatable bonds is 3. The van der Waals surface area contributed by atoms with Crippen molar-refractivity contribution in [2.24, 2.45) is 0 Å². The lowest BCUT2D eigenvalue weighted by atomic mass is 10.2. The highest BCUT2D eigenvalue weighted by molar-refractivity contribution is 4.73. The van der Waals surface area contributed by atoms with Crippen LogP contribution in [0.1, 0.15) is 6.92 Å². The van der Waals surface area contributed by atoms with Crippen LogP contribution < -0.4 is 10.8 Å². The molecule has 48 valence electrons. The maximum Gasteiger partial charge on any atom is 0.104 e. The molecule has 1 rings (SSSR count). The Bertz CT molecular complexity index is 63.4. The summed E-state index contributed by atoms with van der Waals surface area (Å²) >= 11 is 0. The molecule has 1 aliphatic rings. The predicted octanol–water partition coefficient (Wildman–Crippen LogP) is -0.501. The topological polar surface area (TPSA) is 33.3 Å². The van der Waals surface area contributed by atoms with Gasteiger partial charge in [0.15, 0.2) is 0 Å². The first kappa shape index (κ1) is 6.01. The maximum atomic E-state index is 5.11. The Hall–Kier alpha value is -0.120. The van der Waals surface area contributed by atoms with Gasteiger partial charge in [-0.05, 0) is 0 Å². The average molecular weight is 116 g/mol. The van der Waals surface area contributed by atoms with E-state index in [4.69, 9.17) is 4.84 Å². The molecule has 0 saturated carbocycles. The van der Waals surface area contributed by atoms with E-state index in [0.717, 1.165) is 19.6 Å². The van der Waals surface area contributed by atoms with Crippen LogP contribution in [-0.4, -0.2) is 25.7 Å². The van der Waals surface area contributed by atoms with Gasteiger partial charge in [0.25, 0.3) is 0 Å². The van der Waals surface area contributed by atoms with Gasteiger partial charge in [-0.1, -0.05) is 6.92 Å². The van der Waals surface area contributed by atoms with Gasteiger partial charge in [-0.3, -0.25) is 4.84 Å². The molecule has 0 aromatic carbocycles. The number of nitrogens with one attached hydrogen (secondary N) is 2. The van der Waals surface area contributed by atoms with Crippen LogP contribution in [0.2, 0.25) is 0 Å². The van der Waals surface area contributed by atoms with Crippen molar-refractivity contribution in [3.05, 3.63) is 0 Å². The molecule has 0 amide bonds. The zero-order valence-electron chi connectivity index (χ0n) is 5.11.